The van der Waals surface area contributed by atoms with Gasteiger partial charge in [0.15, 0.2) is 11.2 Å². The molecule has 0 radical (unpaired) electrons. The molecule has 31 heavy (non-hydrogen) atoms. The summed E-state index contributed by atoms with van der Waals surface area (Å²) in [6.45, 7) is 2.83. The van der Waals surface area contributed by atoms with Gasteiger partial charge in [-0.3, -0.25) is 13.9 Å². The highest BCUT2D eigenvalue weighted by Gasteiger charge is 2.18. The molecule has 0 unspecified atom stereocenters. The van der Waals surface area contributed by atoms with Crippen molar-refractivity contribution < 1.29 is 9.47 Å². The smallest absolute Gasteiger partial charge is 0.333 e. The third-order valence-electron chi connectivity index (χ3n) is 5.31. The summed E-state index contributed by atoms with van der Waals surface area (Å²) in [5.41, 5.74) is 1.99. The van der Waals surface area contributed by atoms with Crippen LogP contribution < -0.4 is 20.7 Å². The molecule has 4 rings (SSSR count). The van der Waals surface area contributed by atoms with Gasteiger partial charge in [-0.25, -0.2) is 9.78 Å². The Morgan fingerprint density at radius 2 is 1.35 bits per heavy atom. The Labute approximate surface area is 178 Å². The second kappa shape index (κ2) is 8.51. The van der Waals surface area contributed by atoms with Gasteiger partial charge in [-0.05, 0) is 42.3 Å². The standard InChI is InChI=1S/C23H24N4O4/c1-4-26-22(28)20-21(24-15-25(20)13-16-5-9-18(30-2)10-6-16)27(23(26)29)14-17-7-11-19(31-3)12-8-17/h5-12,15H,4,13-14H2,1-3H3. The van der Waals surface area contributed by atoms with Crippen molar-refractivity contribution in [2.75, 3.05) is 14.2 Å². The molecule has 0 fully saturated rings. The Bertz CT molecular complexity index is 1320. The van der Waals surface area contributed by atoms with Gasteiger partial charge in [0.2, 0.25) is 0 Å². The second-order valence-electron chi connectivity index (χ2n) is 7.16. The van der Waals surface area contributed by atoms with Crippen LogP contribution >= 0.6 is 0 Å². The van der Waals surface area contributed by atoms with Crippen LogP contribution in [0.15, 0.2) is 64.4 Å². The summed E-state index contributed by atoms with van der Waals surface area (Å²) in [7, 11) is 3.23. The fourth-order valence-electron chi connectivity index (χ4n) is 3.62. The first-order chi connectivity index (χ1) is 15.0. The third kappa shape index (κ3) is 3.84. The van der Waals surface area contributed by atoms with Gasteiger partial charge < -0.3 is 14.0 Å². The molecule has 0 aliphatic rings. The minimum atomic E-state index is -0.370. The predicted octanol–water partition coefficient (Wildman–Crippen LogP) is 2.49. The van der Waals surface area contributed by atoms with Crippen LogP contribution in [0.3, 0.4) is 0 Å². The molecule has 0 aliphatic heterocycles. The molecular formula is C23H24N4O4. The number of hydrogen-bond acceptors (Lipinski definition) is 5. The second-order valence-corrected chi connectivity index (χ2v) is 7.16. The monoisotopic (exact) mass is 420 g/mol. The van der Waals surface area contributed by atoms with Crippen molar-refractivity contribution in [2.45, 2.75) is 26.6 Å². The summed E-state index contributed by atoms with van der Waals surface area (Å²) >= 11 is 0. The minimum Gasteiger partial charge on any atom is -0.497 e. The number of benzene rings is 2. The summed E-state index contributed by atoms with van der Waals surface area (Å²) in [5, 5.41) is 0. The number of methoxy groups -OCH3 is 2. The summed E-state index contributed by atoms with van der Waals surface area (Å²) in [5.74, 6) is 1.50. The molecule has 4 aromatic rings. The Morgan fingerprint density at radius 1 is 0.806 bits per heavy atom. The molecule has 0 atom stereocenters. The number of hydrogen-bond donors (Lipinski definition) is 0. The Kier molecular flexibility index (Phi) is 5.62. The Balaban J connectivity index is 1.80. The third-order valence-corrected chi connectivity index (χ3v) is 5.31. The van der Waals surface area contributed by atoms with Crippen LogP contribution in [0.25, 0.3) is 11.2 Å². The minimum absolute atomic E-state index is 0.282. The lowest BCUT2D eigenvalue weighted by atomic mass is 10.2. The zero-order valence-corrected chi connectivity index (χ0v) is 17.7. The number of fused-ring (bicyclic) bond motifs is 1. The molecule has 0 spiro atoms. The number of aromatic nitrogens is 4. The van der Waals surface area contributed by atoms with E-state index in [0.717, 1.165) is 22.6 Å². The van der Waals surface area contributed by atoms with Gasteiger partial charge in [-0.1, -0.05) is 24.3 Å². The van der Waals surface area contributed by atoms with Crippen molar-refractivity contribution in [1.29, 1.82) is 0 Å². The van der Waals surface area contributed by atoms with Crippen LogP contribution in [0.1, 0.15) is 18.1 Å². The topological polar surface area (TPSA) is 80.3 Å². The van der Waals surface area contributed by atoms with Crippen molar-refractivity contribution in [3.63, 3.8) is 0 Å². The number of rotatable bonds is 7. The molecule has 160 valence electrons. The van der Waals surface area contributed by atoms with E-state index in [1.54, 1.807) is 36.6 Å². The molecule has 2 heterocycles. The molecule has 0 bridgehead atoms. The first-order valence-electron chi connectivity index (χ1n) is 10.00. The van der Waals surface area contributed by atoms with E-state index in [9.17, 15) is 9.59 Å². The van der Waals surface area contributed by atoms with E-state index in [0.29, 0.717) is 24.3 Å². The van der Waals surface area contributed by atoms with Crippen molar-refractivity contribution in [2.24, 2.45) is 0 Å². The maximum absolute atomic E-state index is 13.1. The van der Waals surface area contributed by atoms with Gasteiger partial charge in [-0.2, -0.15) is 0 Å². The summed E-state index contributed by atoms with van der Waals surface area (Å²) in [4.78, 5) is 30.6. The molecule has 0 saturated carbocycles. The number of nitrogens with zero attached hydrogens (tertiary/aromatic N) is 4. The lowest BCUT2D eigenvalue weighted by molar-refractivity contribution is 0.414. The average molecular weight is 420 g/mol. The van der Waals surface area contributed by atoms with E-state index in [1.807, 2.05) is 48.5 Å². The first-order valence-corrected chi connectivity index (χ1v) is 10.00. The number of imidazole rings is 1. The zero-order valence-electron chi connectivity index (χ0n) is 17.7. The normalized spacial score (nSPS) is 11.1. The zero-order chi connectivity index (χ0) is 22.0. The van der Waals surface area contributed by atoms with Crippen LogP contribution in [-0.4, -0.2) is 32.9 Å². The predicted molar refractivity (Wildman–Crippen MR) is 118 cm³/mol. The van der Waals surface area contributed by atoms with Crippen LogP contribution in [0, 0.1) is 0 Å². The highest BCUT2D eigenvalue weighted by atomic mass is 16.5. The van der Waals surface area contributed by atoms with Crippen molar-refractivity contribution in [3.05, 3.63) is 86.8 Å². The van der Waals surface area contributed by atoms with Crippen LogP contribution in [0.5, 0.6) is 11.5 Å². The molecule has 2 aromatic carbocycles. The molecule has 0 N–H and O–H groups in total. The van der Waals surface area contributed by atoms with Gasteiger partial charge >= 0.3 is 5.69 Å². The first kappa shape index (κ1) is 20.5. The fraction of sp³-hybridized carbons (Fsp3) is 0.261. The lowest BCUT2D eigenvalue weighted by Crippen LogP contribution is -2.40. The molecule has 0 aliphatic carbocycles. The SMILES string of the molecule is CCn1c(=O)c2c(ncn2Cc2ccc(OC)cc2)n(Cc2ccc(OC)cc2)c1=O. The van der Waals surface area contributed by atoms with Gasteiger partial charge in [0.05, 0.1) is 27.1 Å². The Morgan fingerprint density at radius 3 is 1.87 bits per heavy atom. The maximum Gasteiger partial charge on any atom is 0.333 e. The van der Waals surface area contributed by atoms with E-state index in [-0.39, 0.29) is 17.8 Å². The van der Waals surface area contributed by atoms with Gasteiger partial charge in [0.25, 0.3) is 5.56 Å². The highest BCUT2D eigenvalue weighted by molar-refractivity contribution is 5.70. The fourth-order valence-corrected chi connectivity index (χ4v) is 3.62. The molecule has 8 nitrogen and oxygen atoms in total. The molecule has 2 aromatic heterocycles. The molecule has 0 amide bonds. The Hall–Kier alpha value is -3.81. The summed E-state index contributed by atoms with van der Waals surface area (Å²) < 4.78 is 15.0. The van der Waals surface area contributed by atoms with Crippen molar-refractivity contribution in [1.82, 2.24) is 18.7 Å². The van der Waals surface area contributed by atoms with Crippen molar-refractivity contribution in [3.8, 4) is 11.5 Å². The lowest BCUT2D eigenvalue weighted by Gasteiger charge is -2.12. The van der Waals surface area contributed by atoms with Crippen LogP contribution in [-0.2, 0) is 19.6 Å². The van der Waals surface area contributed by atoms with E-state index in [1.165, 1.54) is 4.57 Å². The van der Waals surface area contributed by atoms with Crippen LogP contribution in [0.4, 0.5) is 0 Å². The van der Waals surface area contributed by atoms with Gasteiger partial charge in [-0.15, -0.1) is 0 Å². The highest BCUT2D eigenvalue weighted by Crippen LogP contribution is 2.16. The van der Waals surface area contributed by atoms with Crippen LogP contribution in [0.2, 0.25) is 0 Å². The van der Waals surface area contributed by atoms with E-state index in [2.05, 4.69) is 4.98 Å². The van der Waals surface area contributed by atoms with Gasteiger partial charge in [0, 0.05) is 13.1 Å². The molecular weight excluding hydrogens is 396 g/mol. The van der Waals surface area contributed by atoms with E-state index >= 15 is 0 Å². The average Bonchev–Trinajstić information content (AvgIpc) is 3.21. The number of ether oxygens (including phenoxy) is 2. The van der Waals surface area contributed by atoms with E-state index < -0.39 is 0 Å². The summed E-state index contributed by atoms with van der Waals surface area (Å²) in [6.07, 6.45) is 1.61. The van der Waals surface area contributed by atoms with E-state index in [4.69, 9.17) is 9.47 Å². The molecule has 0 saturated heterocycles. The molecule has 8 heteroatoms. The van der Waals surface area contributed by atoms with Gasteiger partial charge in [0.1, 0.15) is 11.5 Å². The maximum atomic E-state index is 13.1. The largest absolute Gasteiger partial charge is 0.497 e. The van der Waals surface area contributed by atoms with Crippen molar-refractivity contribution >= 4 is 11.2 Å². The quantitative estimate of drug-likeness (QED) is 0.459. The summed E-state index contributed by atoms with van der Waals surface area (Å²) in [6, 6.07) is 15.1.